The van der Waals surface area contributed by atoms with Gasteiger partial charge >= 0.3 is 0 Å². The van der Waals surface area contributed by atoms with E-state index in [1.807, 2.05) is 0 Å². The normalized spacial score (nSPS) is 13.4. The van der Waals surface area contributed by atoms with E-state index in [0.717, 1.165) is 29.9 Å². The lowest BCUT2D eigenvalue weighted by Crippen LogP contribution is -2.17. The Morgan fingerprint density at radius 3 is 2.71 bits per heavy atom. The minimum atomic E-state index is -0.687. The van der Waals surface area contributed by atoms with Crippen molar-refractivity contribution in [1.29, 1.82) is 0 Å². The lowest BCUT2D eigenvalue weighted by Gasteiger charge is -2.11. The molecule has 0 aliphatic heterocycles. The maximum absolute atomic E-state index is 14.4. The van der Waals surface area contributed by atoms with E-state index in [1.165, 1.54) is 18.3 Å². The van der Waals surface area contributed by atoms with Gasteiger partial charge in [-0.25, -0.2) is 9.37 Å². The second kappa shape index (κ2) is 7.04. The van der Waals surface area contributed by atoms with E-state index < -0.39 is 17.6 Å². The van der Waals surface area contributed by atoms with Crippen molar-refractivity contribution in [1.82, 2.24) is 15.2 Å². The fourth-order valence-corrected chi connectivity index (χ4v) is 3.33. The SMILES string of the molecule is Cc1cc(F)c(C(=O)Nc2cc(C3CC3)[nH]n2)cc1NC(=O)c1cnc(N)s1. The molecule has 10 heteroatoms. The Kier molecular flexibility index (Phi) is 4.55. The number of carbonyl (C=O) groups is 2. The van der Waals surface area contributed by atoms with E-state index in [-0.39, 0.29) is 10.7 Å². The first kappa shape index (κ1) is 18.1. The molecular formula is C18H17FN6O2S. The highest BCUT2D eigenvalue weighted by atomic mass is 32.1. The summed E-state index contributed by atoms with van der Waals surface area (Å²) in [5.41, 5.74) is 7.10. The molecule has 1 aliphatic rings. The van der Waals surface area contributed by atoms with Crippen LogP contribution in [0.1, 0.15) is 50.0 Å². The van der Waals surface area contributed by atoms with Gasteiger partial charge in [0, 0.05) is 23.4 Å². The summed E-state index contributed by atoms with van der Waals surface area (Å²) in [6, 6.07) is 4.25. The number of amides is 2. The van der Waals surface area contributed by atoms with Crippen LogP contribution in [0.5, 0.6) is 0 Å². The summed E-state index contributed by atoms with van der Waals surface area (Å²) in [6.07, 6.45) is 3.55. The van der Waals surface area contributed by atoms with Crippen molar-refractivity contribution >= 4 is 39.8 Å². The Morgan fingerprint density at radius 1 is 1.25 bits per heavy atom. The molecule has 2 heterocycles. The molecule has 3 aromatic rings. The molecule has 0 radical (unpaired) electrons. The first-order chi connectivity index (χ1) is 13.4. The molecule has 2 aromatic heterocycles. The van der Waals surface area contributed by atoms with Gasteiger partial charge in [-0.1, -0.05) is 11.3 Å². The van der Waals surface area contributed by atoms with Crippen LogP contribution >= 0.6 is 11.3 Å². The van der Waals surface area contributed by atoms with Gasteiger partial charge in [-0.3, -0.25) is 14.7 Å². The van der Waals surface area contributed by atoms with Crippen LogP contribution in [0.15, 0.2) is 24.4 Å². The highest BCUT2D eigenvalue weighted by molar-refractivity contribution is 7.17. The Balaban J connectivity index is 1.53. The van der Waals surface area contributed by atoms with Crippen LogP contribution in [0.3, 0.4) is 0 Å². The number of anilines is 3. The number of hydrogen-bond donors (Lipinski definition) is 4. The number of nitrogens with zero attached hydrogens (tertiary/aromatic N) is 2. The number of H-pyrrole nitrogens is 1. The average molecular weight is 400 g/mol. The third-order valence-electron chi connectivity index (χ3n) is 4.41. The molecule has 4 rings (SSSR count). The van der Waals surface area contributed by atoms with Gasteiger partial charge in [-0.05, 0) is 37.5 Å². The zero-order chi connectivity index (χ0) is 19.8. The summed E-state index contributed by atoms with van der Waals surface area (Å²) >= 11 is 1.04. The third kappa shape index (κ3) is 3.72. The summed E-state index contributed by atoms with van der Waals surface area (Å²) in [4.78, 5) is 29.0. The second-order valence-electron chi connectivity index (χ2n) is 6.60. The van der Waals surface area contributed by atoms with Crippen LogP contribution in [-0.4, -0.2) is 27.0 Å². The Labute approximate surface area is 163 Å². The molecule has 0 atom stereocenters. The van der Waals surface area contributed by atoms with E-state index >= 15 is 0 Å². The van der Waals surface area contributed by atoms with Crippen molar-refractivity contribution in [2.45, 2.75) is 25.7 Å². The van der Waals surface area contributed by atoms with Crippen molar-refractivity contribution in [2.75, 3.05) is 16.4 Å². The summed E-state index contributed by atoms with van der Waals surface area (Å²) < 4.78 is 14.4. The molecule has 1 aromatic carbocycles. The third-order valence-corrected chi connectivity index (χ3v) is 5.24. The van der Waals surface area contributed by atoms with Gasteiger partial charge in [-0.2, -0.15) is 5.10 Å². The molecule has 0 bridgehead atoms. The topological polar surface area (TPSA) is 126 Å². The van der Waals surface area contributed by atoms with Gasteiger partial charge in [0.25, 0.3) is 11.8 Å². The lowest BCUT2D eigenvalue weighted by atomic mass is 10.1. The van der Waals surface area contributed by atoms with Gasteiger partial charge in [0.15, 0.2) is 10.9 Å². The minimum absolute atomic E-state index is 0.194. The standard InChI is InChI=1S/C18H17FN6O2S/c1-8-4-11(19)10(5-12(8)22-17(27)14-7-21-18(20)28-14)16(26)23-15-6-13(24-25-15)9-2-3-9/h4-7,9H,2-3H2,1H3,(H2,20,21)(H,22,27)(H2,23,24,25,26). The average Bonchev–Trinajstić information content (AvgIpc) is 3.24. The number of thiazole rings is 1. The van der Waals surface area contributed by atoms with E-state index in [4.69, 9.17) is 5.73 Å². The van der Waals surface area contributed by atoms with E-state index in [0.29, 0.717) is 27.9 Å². The fourth-order valence-electron chi connectivity index (χ4n) is 2.75. The molecule has 2 amide bonds. The number of nitrogens with one attached hydrogen (secondary N) is 3. The zero-order valence-corrected chi connectivity index (χ0v) is 15.7. The molecule has 1 saturated carbocycles. The number of aromatic amines is 1. The molecule has 0 unspecified atom stereocenters. The molecule has 8 nitrogen and oxygen atoms in total. The van der Waals surface area contributed by atoms with Crippen molar-refractivity contribution in [2.24, 2.45) is 0 Å². The summed E-state index contributed by atoms with van der Waals surface area (Å²) in [7, 11) is 0. The highest BCUT2D eigenvalue weighted by Gasteiger charge is 2.26. The molecular weight excluding hydrogens is 383 g/mol. The number of carbonyl (C=O) groups excluding carboxylic acids is 2. The Morgan fingerprint density at radius 2 is 2.04 bits per heavy atom. The smallest absolute Gasteiger partial charge is 0.267 e. The van der Waals surface area contributed by atoms with Crippen LogP contribution in [-0.2, 0) is 0 Å². The van der Waals surface area contributed by atoms with Crippen LogP contribution in [0.25, 0.3) is 0 Å². The number of hydrogen-bond acceptors (Lipinski definition) is 6. The highest BCUT2D eigenvalue weighted by Crippen LogP contribution is 2.39. The van der Waals surface area contributed by atoms with Gasteiger partial charge in [-0.15, -0.1) is 0 Å². The molecule has 144 valence electrons. The predicted molar refractivity (Wildman–Crippen MR) is 104 cm³/mol. The molecule has 0 spiro atoms. The maximum Gasteiger partial charge on any atom is 0.267 e. The largest absolute Gasteiger partial charge is 0.375 e. The number of nitrogen functional groups attached to an aromatic ring is 1. The van der Waals surface area contributed by atoms with Gasteiger partial charge in [0.2, 0.25) is 0 Å². The monoisotopic (exact) mass is 400 g/mol. The van der Waals surface area contributed by atoms with Crippen molar-refractivity contribution in [3.63, 3.8) is 0 Å². The van der Waals surface area contributed by atoms with E-state index in [2.05, 4.69) is 25.8 Å². The number of benzene rings is 1. The first-order valence-corrected chi connectivity index (χ1v) is 9.42. The first-order valence-electron chi connectivity index (χ1n) is 8.60. The van der Waals surface area contributed by atoms with Crippen molar-refractivity contribution in [3.05, 3.63) is 51.9 Å². The van der Waals surface area contributed by atoms with Crippen LogP contribution in [0.4, 0.5) is 21.0 Å². The number of nitrogens with two attached hydrogens (primary N) is 1. The second-order valence-corrected chi connectivity index (χ2v) is 7.66. The molecule has 0 saturated heterocycles. The molecule has 28 heavy (non-hydrogen) atoms. The zero-order valence-electron chi connectivity index (χ0n) is 14.9. The fraction of sp³-hybridized carbons (Fsp3) is 0.222. The van der Waals surface area contributed by atoms with Crippen LogP contribution in [0.2, 0.25) is 0 Å². The number of halogens is 1. The van der Waals surface area contributed by atoms with Gasteiger partial charge in [0.05, 0.1) is 11.8 Å². The Hall–Kier alpha value is -3.27. The summed E-state index contributed by atoms with van der Waals surface area (Å²) in [6.45, 7) is 1.64. The van der Waals surface area contributed by atoms with E-state index in [1.54, 1.807) is 13.0 Å². The summed E-state index contributed by atoms with van der Waals surface area (Å²) in [5, 5.41) is 12.4. The predicted octanol–water partition coefficient (Wildman–Crippen LogP) is 3.28. The van der Waals surface area contributed by atoms with Crippen molar-refractivity contribution < 1.29 is 14.0 Å². The quantitative estimate of drug-likeness (QED) is 0.523. The Bertz CT molecular complexity index is 1070. The number of aryl methyl sites for hydroxylation is 1. The molecule has 1 fully saturated rings. The van der Waals surface area contributed by atoms with E-state index in [9.17, 15) is 14.0 Å². The molecule has 1 aliphatic carbocycles. The summed E-state index contributed by atoms with van der Waals surface area (Å²) in [5.74, 6) is -0.983. The van der Waals surface area contributed by atoms with Crippen molar-refractivity contribution in [3.8, 4) is 0 Å². The maximum atomic E-state index is 14.4. The lowest BCUT2D eigenvalue weighted by molar-refractivity contribution is 0.101. The minimum Gasteiger partial charge on any atom is -0.375 e. The number of aromatic nitrogens is 3. The molecule has 5 N–H and O–H groups in total. The van der Waals surface area contributed by atoms with Gasteiger partial charge < -0.3 is 16.4 Å². The van der Waals surface area contributed by atoms with Crippen LogP contribution < -0.4 is 16.4 Å². The number of rotatable bonds is 5. The van der Waals surface area contributed by atoms with Gasteiger partial charge in [0.1, 0.15) is 10.7 Å². The van der Waals surface area contributed by atoms with Crippen LogP contribution in [0, 0.1) is 12.7 Å².